The van der Waals surface area contributed by atoms with Crippen molar-refractivity contribution < 1.29 is 9.47 Å². The Bertz CT molecular complexity index is 356. The molecule has 0 fully saturated rings. The lowest BCUT2D eigenvalue weighted by Gasteiger charge is -2.09. The fraction of sp³-hybridized carbons (Fsp3) is 0.417. The Hall–Kier alpha value is -1.75. The van der Waals surface area contributed by atoms with E-state index in [-0.39, 0.29) is 0 Å². The number of aromatic nitrogens is 1. The van der Waals surface area contributed by atoms with Crippen LogP contribution in [0.5, 0.6) is 5.88 Å². The molecule has 3 N–H and O–H groups in total. The Morgan fingerprint density at radius 2 is 2.29 bits per heavy atom. The molecule has 0 aliphatic heterocycles. The molecule has 1 rings (SSSR count). The van der Waals surface area contributed by atoms with Crippen LogP contribution in [0.15, 0.2) is 24.8 Å². The summed E-state index contributed by atoms with van der Waals surface area (Å²) in [6.45, 7) is 5.57. The number of methoxy groups -OCH3 is 1. The summed E-state index contributed by atoms with van der Waals surface area (Å²) in [7, 11) is 1.57. The number of ether oxygens (including phenoxy) is 2. The number of nitrogen functional groups attached to an aromatic ring is 1. The third-order valence-electron chi connectivity index (χ3n) is 2.12. The highest BCUT2D eigenvalue weighted by Gasteiger charge is 2.02. The molecule has 0 aromatic carbocycles. The Morgan fingerprint density at radius 3 is 3.00 bits per heavy atom. The van der Waals surface area contributed by atoms with Crippen molar-refractivity contribution in [2.24, 2.45) is 0 Å². The maximum absolute atomic E-state index is 5.77. The van der Waals surface area contributed by atoms with Crippen LogP contribution >= 0.6 is 0 Å². The van der Waals surface area contributed by atoms with Crippen LogP contribution in [0.1, 0.15) is 6.42 Å². The lowest BCUT2D eigenvalue weighted by atomic mass is 10.4. The number of hydrogen-bond acceptors (Lipinski definition) is 5. The molecule has 0 saturated carbocycles. The molecule has 5 nitrogen and oxygen atoms in total. The van der Waals surface area contributed by atoms with E-state index in [1.54, 1.807) is 19.2 Å². The number of nitrogens with two attached hydrogens (primary N) is 1. The van der Waals surface area contributed by atoms with Crippen molar-refractivity contribution in [3.05, 3.63) is 24.8 Å². The van der Waals surface area contributed by atoms with Crippen molar-refractivity contribution >= 4 is 11.5 Å². The Kier molecular flexibility index (Phi) is 5.88. The highest BCUT2D eigenvalue weighted by Crippen LogP contribution is 2.18. The molecule has 0 spiro atoms. The molecule has 0 radical (unpaired) electrons. The molecule has 0 saturated heterocycles. The van der Waals surface area contributed by atoms with Gasteiger partial charge in [-0.05, 0) is 12.5 Å². The SMILES string of the molecule is C=CCCOCCNc1nc(OC)ccc1N. The summed E-state index contributed by atoms with van der Waals surface area (Å²) < 4.78 is 10.4. The van der Waals surface area contributed by atoms with Crippen LogP contribution in [0.4, 0.5) is 11.5 Å². The van der Waals surface area contributed by atoms with Gasteiger partial charge in [0.05, 0.1) is 26.0 Å². The number of pyridine rings is 1. The van der Waals surface area contributed by atoms with E-state index in [9.17, 15) is 0 Å². The van der Waals surface area contributed by atoms with Gasteiger partial charge in [-0.2, -0.15) is 4.98 Å². The molecule has 0 atom stereocenters. The summed E-state index contributed by atoms with van der Waals surface area (Å²) >= 11 is 0. The highest BCUT2D eigenvalue weighted by atomic mass is 16.5. The molecule has 0 bridgehead atoms. The maximum atomic E-state index is 5.77. The van der Waals surface area contributed by atoms with Gasteiger partial charge in [-0.15, -0.1) is 6.58 Å². The van der Waals surface area contributed by atoms with E-state index in [0.29, 0.717) is 37.1 Å². The van der Waals surface area contributed by atoms with Crippen LogP contribution < -0.4 is 15.8 Å². The van der Waals surface area contributed by atoms with Crippen LogP contribution in [-0.2, 0) is 4.74 Å². The van der Waals surface area contributed by atoms with E-state index in [4.69, 9.17) is 15.2 Å². The summed E-state index contributed by atoms with van der Waals surface area (Å²) in [5.74, 6) is 1.16. The summed E-state index contributed by atoms with van der Waals surface area (Å²) in [6, 6.07) is 3.48. The molecule has 0 unspecified atom stereocenters. The van der Waals surface area contributed by atoms with Gasteiger partial charge in [-0.3, -0.25) is 0 Å². The predicted molar refractivity (Wildman–Crippen MR) is 69.3 cm³/mol. The second kappa shape index (κ2) is 7.51. The van der Waals surface area contributed by atoms with Crippen LogP contribution in [0.3, 0.4) is 0 Å². The minimum Gasteiger partial charge on any atom is -0.481 e. The average Bonchev–Trinajstić information content (AvgIpc) is 2.35. The molecular weight excluding hydrogens is 218 g/mol. The van der Waals surface area contributed by atoms with Crippen LogP contribution in [0.2, 0.25) is 0 Å². The third kappa shape index (κ3) is 4.74. The van der Waals surface area contributed by atoms with Crippen molar-refractivity contribution in [3.8, 4) is 5.88 Å². The van der Waals surface area contributed by atoms with Crippen molar-refractivity contribution in [2.75, 3.05) is 37.9 Å². The molecule has 1 aromatic heterocycles. The van der Waals surface area contributed by atoms with Gasteiger partial charge < -0.3 is 20.5 Å². The van der Waals surface area contributed by atoms with Crippen molar-refractivity contribution in [1.82, 2.24) is 4.98 Å². The van der Waals surface area contributed by atoms with Gasteiger partial charge in [0.15, 0.2) is 5.82 Å². The van der Waals surface area contributed by atoms with E-state index in [2.05, 4.69) is 16.9 Å². The van der Waals surface area contributed by atoms with Gasteiger partial charge in [-0.25, -0.2) is 0 Å². The number of nitrogens with zero attached hydrogens (tertiary/aromatic N) is 1. The molecular formula is C12H19N3O2. The standard InChI is InChI=1S/C12H19N3O2/c1-3-4-8-17-9-7-14-12-10(13)5-6-11(15-12)16-2/h3,5-6H,1,4,7-9,13H2,2H3,(H,14,15). The first-order chi connectivity index (χ1) is 8.27. The average molecular weight is 237 g/mol. The third-order valence-corrected chi connectivity index (χ3v) is 2.12. The van der Waals surface area contributed by atoms with E-state index in [0.717, 1.165) is 6.42 Å². The maximum Gasteiger partial charge on any atom is 0.215 e. The first-order valence-corrected chi connectivity index (χ1v) is 5.51. The molecule has 0 amide bonds. The van der Waals surface area contributed by atoms with E-state index in [1.807, 2.05) is 6.08 Å². The van der Waals surface area contributed by atoms with Crippen LogP contribution in [0.25, 0.3) is 0 Å². The summed E-state index contributed by atoms with van der Waals surface area (Å²) in [5, 5.41) is 3.10. The van der Waals surface area contributed by atoms with E-state index in [1.165, 1.54) is 0 Å². The van der Waals surface area contributed by atoms with Crippen LogP contribution in [0, 0.1) is 0 Å². The van der Waals surface area contributed by atoms with Gasteiger partial charge in [-0.1, -0.05) is 6.08 Å². The fourth-order valence-corrected chi connectivity index (χ4v) is 1.22. The molecule has 94 valence electrons. The number of nitrogens with one attached hydrogen (secondary N) is 1. The first kappa shape index (κ1) is 13.3. The van der Waals surface area contributed by atoms with Gasteiger partial charge in [0.25, 0.3) is 0 Å². The van der Waals surface area contributed by atoms with E-state index < -0.39 is 0 Å². The quantitative estimate of drug-likeness (QED) is 0.531. The first-order valence-electron chi connectivity index (χ1n) is 5.51. The number of hydrogen-bond donors (Lipinski definition) is 2. The van der Waals surface area contributed by atoms with E-state index >= 15 is 0 Å². The lowest BCUT2D eigenvalue weighted by Crippen LogP contribution is -2.12. The van der Waals surface area contributed by atoms with Gasteiger partial charge in [0, 0.05) is 12.6 Å². The topological polar surface area (TPSA) is 69.4 Å². The smallest absolute Gasteiger partial charge is 0.215 e. The fourth-order valence-electron chi connectivity index (χ4n) is 1.22. The number of anilines is 2. The van der Waals surface area contributed by atoms with Crippen molar-refractivity contribution in [2.45, 2.75) is 6.42 Å². The minimum absolute atomic E-state index is 0.536. The van der Waals surface area contributed by atoms with Crippen LogP contribution in [-0.4, -0.2) is 31.9 Å². The molecule has 1 heterocycles. The molecule has 0 aliphatic carbocycles. The van der Waals surface area contributed by atoms with Gasteiger partial charge >= 0.3 is 0 Å². The van der Waals surface area contributed by atoms with Crippen molar-refractivity contribution in [3.63, 3.8) is 0 Å². The lowest BCUT2D eigenvalue weighted by molar-refractivity contribution is 0.149. The molecule has 5 heteroatoms. The molecule has 1 aromatic rings. The second-order valence-corrected chi connectivity index (χ2v) is 3.41. The molecule has 17 heavy (non-hydrogen) atoms. The van der Waals surface area contributed by atoms with Crippen molar-refractivity contribution in [1.29, 1.82) is 0 Å². The monoisotopic (exact) mass is 237 g/mol. The predicted octanol–water partition coefficient (Wildman–Crippen LogP) is 1.68. The van der Waals surface area contributed by atoms with Gasteiger partial charge in [0.2, 0.25) is 5.88 Å². The zero-order chi connectivity index (χ0) is 12.5. The zero-order valence-corrected chi connectivity index (χ0v) is 10.1. The Labute approximate surface area is 102 Å². The minimum atomic E-state index is 0.536. The Morgan fingerprint density at radius 1 is 1.47 bits per heavy atom. The Balaban J connectivity index is 2.32. The second-order valence-electron chi connectivity index (χ2n) is 3.41. The zero-order valence-electron chi connectivity index (χ0n) is 10.1. The summed E-state index contributed by atoms with van der Waals surface area (Å²) in [4.78, 5) is 4.19. The number of rotatable bonds is 8. The largest absolute Gasteiger partial charge is 0.481 e. The van der Waals surface area contributed by atoms with Gasteiger partial charge in [0.1, 0.15) is 0 Å². The summed E-state index contributed by atoms with van der Waals surface area (Å²) in [6.07, 6.45) is 2.69. The summed E-state index contributed by atoms with van der Waals surface area (Å²) in [5.41, 5.74) is 6.37. The molecule has 0 aliphatic rings. The normalized spacial score (nSPS) is 9.94. The highest BCUT2D eigenvalue weighted by molar-refractivity contribution is 5.61.